The SMILES string of the molecule is COC(=O)/C(Cc1ccc([N+](=O)[O-])cc1)=C1/CC1C. The van der Waals surface area contributed by atoms with E-state index >= 15 is 0 Å². The molecule has 0 radical (unpaired) electrons. The topological polar surface area (TPSA) is 69.4 Å². The van der Waals surface area contributed by atoms with Crippen molar-refractivity contribution < 1.29 is 14.5 Å². The van der Waals surface area contributed by atoms with Crippen molar-refractivity contribution in [1.29, 1.82) is 0 Å². The van der Waals surface area contributed by atoms with Crippen molar-refractivity contribution in [3.63, 3.8) is 0 Å². The molecular weight excluding hydrogens is 246 g/mol. The number of nitrogens with zero attached hydrogens (tertiary/aromatic N) is 1. The molecule has 1 aromatic rings. The summed E-state index contributed by atoms with van der Waals surface area (Å²) >= 11 is 0. The van der Waals surface area contributed by atoms with Gasteiger partial charge in [-0.1, -0.05) is 24.6 Å². The van der Waals surface area contributed by atoms with Gasteiger partial charge in [0.2, 0.25) is 0 Å². The van der Waals surface area contributed by atoms with E-state index in [1.54, 1.807) is 12.1 Å². The maximum Gasteiger partial charge on any atom is 0.334 e. The second-order valence-corrected chi connectivity index (χ2v) is 4.70. The maximum atomic E-state index is 11.7. The molecule has 2 rings (SSSR count). The quantitative estimate of drug-likeness (QED) is 0.361. The van der Waals surface area contributed by atoms with Crippen LogP contribution in [0.1, 0.15) is 18.9 Å². The number of carbonyl (C=O) groups is 1. The highest BCUT2D eigenvalue weighted by Crippen LogP contribution is 2.40. The first-order valence-electron chi connectivity index (χ1n) is 6.06. The van der Waals surface area contributed by atoms with Crippen LogP contribution in [0, 0.1) is 16.0 Å². The average molecular weight is 261 g/mol. The summed E-state index contributed by atoms with van der Waals surface area (Å²) in [6.07, 6.45) is 1.39. The van der Waals surface area contributed by atoms with Gasteiger partial charge < -0.3 is 4.74 Å². The van der Waals surface area contributed by atoms with E-state index in [9.17, 15) is 14.9 Å². The predicted molar refractivity (Wildman–Crippen MR) is 69.6 cm³/mol. The van der Waals surface area contributed by atoms with Gasteiger partial charge in [0.25, 0.3) is 5.69 Å². The third kappa shape index (κ3) is 2.99. The monoisotopic (exact) mass is 261 g/mol. The molecule has 0 bridgehead atoms. The summed E-state index contributed by atoms with van der Waals surface area (Å²) in [4.78, 5) is 21.9. The molecule has 0 amide bonds. The zero-order chi connectivity index (χ0) is 14.0. The van der Waals surface area contributed by atoms with Crippen LogP contribution >= 0.6 is 0 Å². The standard InChI is InChI=1S/C14H15NO4/c1-9-7-12(9)13(14(16)19-2)8-10-3-5-11(6-4-10)15(17)18/h3-6,9H,7-8H2,1-2H3/b13-12-. The molecule has 5 nitrogen and oxygen atoms in total. The molecule has 1 saturated carbocycles. The molecule has 19 heavy (non-hydrogen) atoms. The number of nitro groups is 1. The van der Waals surface area contributed by atoms with Gasteiger partial charge in [0.05, 0.1) is 12.0 Å². The maximum absolute atomic E-state index is 11.7. The fraction of sp³-hybridized carbons (Fsp3) is 0.357. The average Bonchev–Trinajstić information content (AvgIpc) is 3.12. The van der Waals surface area contributed by atoms with Crippen molar-refractivity contribution in [3.05, 3.63) is 51.1 Å². The van der Waals surface area contributed by atoms with Gasteiger partial charge in [-0.3, -0.25) is 10.1 Å². The molecule has 0 saturated heterocycles. The number of ether oxygens (including phenoxy) is 1. The van der Waals surface area contributed by atoms with Gasteiger partial charge in [0.15, 0.2) is 0 Å². The summed E-state index contributed by atoms with van der Waals surface area (Å²) in [7, 11) is 1.37. The number of hydrogen-bond donors (Lipinski definition) is 0. The molecule has 1 fully saturated rings. The van der Waals surface area contributed by atoms with E-state index in [1.165, 1.54) is 19.2 Å². The molecule has 1 aliphatic rings. The van der Waals surface area contributed by atoms with E-state index in [-0.39, 0.29) is 11.7 Å². The van der Waals surface area contributed by atoms with E-state index < -0.39 is 4.92 Å². The van der Waals surface area contributed by atoms with Crippen LogP contribution in [0.4, 0.5) is 5.69 Å². The summed E-state index contributed by atoms with van der Waals surface area (Å²) < 4.78 is 4.79. The summed E-state index contributed by atoms with van der Waals surface area (Å²) in [6.45, 7) is 2.06. The largest absolute Gasteiger partial charge is 0.466 e. The highest BCUT2D eigenvalue weighted by molar-refractivity contribution is 5.90. The molecule has 0 spiro atoms. The minimum Gasteiger partial charge on any atom is -0.466 e. The molecule has 1 aliphatic carbocycles. The number of esters is 1. The van der Waals surface area contributed by atoms with Crippen LogP contribution in [0.15, 0.2) is 35.4 Å². The van der Waals surface area contributed by atoms with Crippen molar-refractivity contribution in [3.8, 4) is 0 Å². The van der Waals surface area contributed by atoms with E-state index in [2.05, 4.69) is 6.92 Å². The highest BCUT2D eigenvalue weighted by atomic mass is 16.6. The zero-order valence-corrected chi connectivity index (χ0v) is 10.9. The second-order valence-electron chi connectivity index (χ2n) is 4.70. The highest BCUT2D eigenvalue weighted by Gasteiger charge is 2.31. The molecule has 100 valence electrons. The second kappa shape index (κ2) is 5.22. The lowest BCUT2D eigenvalue weighted by molar-refractivity contribution is -0.384. The molecule has 0 N–H and O–H groups in total. The Kier molecular flexibility index (Phi) is 3.64. The summed E-state index contributed by atoms with van der Waals surface area (Å²) in [5.74, 6) is 0.129. The van der Waals surface area contributed by atoms with Gasteiger partial charge in [0.1, 0.15) is 0 Å². The number of nitro benzene ring substituents is 1. The van der Waals surface area contributed by atoms with Crippen molar-refractivity contribution in [2.75, 3.05) is 7.11 Å². The molecule has 5 heteroatoms. The van der Waals surface area contributed by atoms with Crippen LogP contribution in [-0.2, 0) is 16.0 Å². The molecule has 0 aromatic heterocycles. The fourth-order valence-corrected chi connectivity index (χ4v) is 2.07. The minimum atomic E-state index is -0.438. The first-order valence-corrected chi connectivity index (χ1v) is 6.06. The smallest absolute Gasteiger partial charge is 0.334 e. The lowest BCUT2D eigenvalue weighted by Crippen LogP contribution is -2.08. The van der Waals surface area contributed by atoms with Crippen LogP contribution in [0.25, 0.3) is 0 Å². The number of benzene rings is 1. The Morgan fingerprint density at radius 3 is 2.42 bits per heavy atom. The first-order chi connectivity index (χ1) is 9.02. The van der Waals surface area contributed by atoms with Crippen molar-refractivity contribution in [2.24, 2.45) is 5.92 Å². The van der Waals surface area contributed by atoms with E-state index in [1.807, 2.05) is 0 Å². The lowest BCUT2D eigenvalue weighted by atomic mass is 10.0. The van der Waals surface area contributed by atoms with E-state index in [4.69, 9.17) is 4.74 Å². The van der Waals surface area contributed by atoms with Gasteiger partial charge in [-0.15, -0.1) is 0 Å². The van der Waals surface area contributed by atoms with E-state index in [0.717, 1.165) is 17.6 Å². The fourth-order valence-electron chi connectivity index (χ4n) is 2.07. The zero-order valence-electron chi connectivity index (χ0n) is 10.9. The minimum absolute atomic E-state index is 0.0517. The van der Waals surface area contributed by atoms with E-state index in [0.29, 0.717) is 17.9 Å². The number of non-ortho nitro benzene ring substituents is 1. The molecular formula is C14H15NO4. The van der Waals surface area contributed by atoms with Crippen molar-refractivity contribution in [1.82, 2.24) is 0 Å². The lowest BCUT2D eigenvalue weighted by Gasteiger charge is -2.05. The van der Waals surface area contributed by atoms with Crippen LogP contribution in [0.5, 0.6) is 0 Å². The third-order valence-corrected chi connectivity index (χ3v) is 3.31. The van der Waals surface area contributed by atoms with Crippen molar-refractivity contribution >= 4 is 11.7 Å². The van der Waals surface area contributed by atoms with Gasteiger partial charge >= 0.3 is 5.97 Å². The molecule has 1 aromatic carbocycles. The van der Waals surface area contributed by atoms with Gasteiger partial charge in [0, 0.05) is 24.1 Å². The van der Waals surface area contributed by atoms with Gasteiger partial charge in [-0.25, -0.2) is 4.79 Å². The molecule has 0 heterocycles. The Hall–Kier alpha value is -2.17. The third-order valence-electron chi connectivity index (χ3n) is 3.31. The Morgan fingerprint density at radius 2 is 2.00 bits per heavy atom. The molecule has 0 aliphatic heterocycles. The summed E-state index contributed by atoms with van der Waals surface area (Å²) in [5, 5.41) is 10.6. The summed E-state index contributed by atoms with van der Waals surface area (Å²) in [6, 6.07) is 6.25. The number of hydrogen-bond acceptors (Lipinski definition) is 4. The van der Waals surface area contributed by atoms with Crippen LogP contribution in [-0.4, -0.2) is 18.0 Å². The first kappa shape index (κ1) is 13.3. The predicted octanol–water partition coefficient (Wildman–Crippen LogP) is 2.65. The number of carbonyl (C=O) groups excluding carboxylic acids is 1. The summed E-state index contributed by atoms with van der Waals surface area (Å²) in [5.41, 5.74) is 2.74. The Morgan fingerprint density at radius 1 is 1.42 bits per heavy atom. The van der Waals surface area contributed by atoms with Crippen LogP contribution in [0.3, 0.4) is 0 Å². The van der Waals surface area contributed by atoms with Gasteiger partial charge in [-0.05, 0) is 17.9 Å². The Balaban J connectivity index is 2.19. The van der Waals surface area contributed by atoms with Crippen molar-refractivity contribution in [2.45, 2.75) is 19.8 Å². The molecule has 1 unspecified atom stereocenters. The Labute approximate surface area is 111 Å². The Bertz CT molecular complexity index is 545. The molecule has 1 atom stereocenters. The van der Waals surface area contributed by atoms with Crippen LogP contribution < -0.4 is 0 Å². The number of allylic oxidation sites excluding steroid dienone is 1. The normalized spacial score (nSPS) is 19.8. The van der Waals surface area contributed by atoms with Crippen LogP contribution in [0.2, 0.25) is 0 Å². The number of rotatable bonds is 4. The van der Waals surface area contributed by atoms with Gasteiger partial charge in [-0.2, -0.15) is 0 Å². The number of methoxy groups -OCH3 is 1.